The fourth-order valence-corrected chi connectivity index (χ4v) is 2.94. The normalized spacial score (nSPS) is 10.5. The Morgan fingerprint density at radius 2 is 1.74 bits per heavy atom. The van der Waals surface area contributed by atoms with Crippen LogP contribution in [0, 0.1) is 6.92 Å². The standard InChI is InChI=1S/C24H21N3O4/c1-16-7-11-18(12-8-16)25-22(28)15-30-21-6-4-3-5-20(21)23-26-24(31-27-23)17-9-13-19(29-2)14-10-17/h3-14H,15H2,1-2H3,(H,25,28). The third-order valence-electron chi connectivity index (χ3n) is 4.59. The number of aryl methyl sites for hydroxylation is 1. The molecule has 0 saturated heterocycles. The Labute approximate surface area is 179 Å². The smallest absolute Gasteiger partial charge is 0.262 e. The lowest BCUT2D eigenvalue weighted by Gasteiger charge is -2.10. The van der Waals surface area contributed by atoms with E-state index in [9.17, 15) is 4.79 Å². The van der Waals surface area contributed by atoms with Crippen LogP contribution >= 0.6 is 0 Å². The fourth-order valence-electron chi connectivity index (χ4n) is 2.94. The molecule has 31 heavy (non-hydrogen) atoms. The lowest BCUT2D eigenvalue weighted by atomic mass is 10.2. The van der Waals surface area contributed by atoms with Gasteiger partial charge < -0.3 is 19.3 Å². The third-order valence-corrected chi connectivity index (χ3v) is 4.59. The van der Waals surface area contributed by atoms with Crippen molar-refractivity contribution in [3.8, 4) is 34.3 Å². The van der Waals surface area contributed by atoms with Crippen LogP contribution in [-0.4, -0.2) is 29.8 Å². The van der Waals surface area contributed by atoms with Gasteiger partial charge in [-0.25, -0.2) is 0 Å². The van der Waals surface area contributed by atoms with E-state index in [1.54, 1.807) is 13.2 Å². The summed E-state index contributed by atoms with van der Waals surface area (Å²) in [6.45, 7) is 1.84. The Morgan fingerprint density at radius 1 is 1.00 bits per heavy atom. The number of hydrogen-bond donors (Lipinski definition) is 1. The molecule has 1 N–H and O–H groups in total. The highest BCUT2D eigenvalue weighted by Crippen LogP contribution is 2.30. The van der Waals surface area contributed by atoms with Crippen LogP contribution in [-0.2, 0) is 4.79 Å². The minimum Gasteiger partial charge on any atom is -0.497 e. The SMILES string of the molecule is COc1ccc(-c2nc(-c3ccccc3OCC(=O)Nc3ccc(C)cc3)no2)cc1. The van der Waals surface area contributed by atoms with Crippen molar-refractivity contribution < 1.29 is 18.8 Å². The zero-order valence-corrected chi connectivity index (χ0v) is 17.2. The molecule has 0 bridgehead atoms. The number of ether oxygens (including phenoxy) is 2. The van der Waals surface area contributed by atoms with Gasteiger partial charge in [0.25, 0.3) is 11.8 Å². The summed E-state index contributed by atoms with van der Waals surface area (Å²) in [5, 5.41) is 6.88. The highest BCUT2D eigenvalue weighted by molar-refractivity contribution is 5.92. The Kier molecular flexibility index (Phi) is 5.93. The van der Waals surface area contributed by atoms with Crippen molar-refractivity contribution in [3.63, 3.8) is 0 Å². The summed E-state index contributed by atoms with van der Waals surface area (Å²) in [6.07, 6.45) is 0. The summed E-state index contributed by atoms with van der Waals surface area (Å²) in [6, 6.07) is 22.1. The van der Waals surface area contributed by atoms with Gasteiger partial charge in [-0.1, -0.05) is 35.0 Å². The summed E-state index contributed by atoms with van der Waals surface area (Å²) in [5.41, 5.74) is 3.25. The molecule has 4 rings (SSSR count). The van der Waals surface area contributed by atoms with E-state index in [1.807, 2.05) is 73.7 Å². The van der Waals surface area contributed by atoms with E-state index in [1.165, 1.54) is 0 Å². The molecule has 0 aliphatic heterocycles. The molecule has 1 heterocycles. The number of carbonyl (C=O) groups excluding carboxylic acids is 1. The molecule has 0 radical (unpaired) electrons. The maximum absolute atomic E-state index is 12.3. The highest BCUT2D eigenvalue weighted by atomic mass is 16.5. The largest absolute Gasteiger partial charge is 0.497 e. The minimum atomic E-state index is -0.259. The molecule has 7 nitrogen and oxygen atoms in total. The van der Waals surface area contributed by atoms with E-state index in [0.29, 0.717) is 23.0 Å². The minimum absolute atomic E-state index is 0.145. The van der Waals surface area contributed by atoms with Crippen molar-refractivity contribution in [2.24, 2.45) is 0 Å². The molecule has 0 fully saturated rings. The molecule has 0 saturated carbocycles. The highest BCUT2D eigenvalue weighted by Gasteiger charge is 2.15. The first-order valence-corrected chi connectivity index (χ1v) is 9.69. The van der Waals surface area contributed by atoms with Gasteiger partial charge in [-0.05, 0) is 55.5 Å². The van der Waals surface area contributed by atoms with E-state index in [-0.39, 0.29) is 12.5 Å². The Morgan fingerprint density at radius 3 is 2.48 bits per heavy atom. The van der Waals surface area contributed by atoms with Crippen LogP contribution < -0.4 is 14.8 Å². The van der Waals surface area contributed by atoms with Gasteiger partial charge in [0.05, 0.1) is 12.7 Å². The maximum atomic E-state index is 12.3. The second-order valence-corrected chi connectivity index (χ2v) is 6.85. The molecule has 7 heteroatoms. The lowest BCUT2D eigenvalue weighted by Crippen LogP contribution is -2.20. The summed E-state index contributed by atoms with van der Waals surface area (Å²) >= 11 is 0. The number of methoxy groups -OCH3 is 1. The van der Waals surface area contributed by atoms with Crippen molar-refractivity contribution in [2.75, 3.05) is 19.0 Å². The Bertz CT molecular complexity index is 1170. The maximum Gasteiger partial charge on any atom is 0.262 e. The van der Waals surface area contributed by atoms with Gasteiger partial charge in [0.2, 0.25) is 5.82 Å². The van der Waals surface area contributed by atoms with Crippen LogP contribution in [0.15, 0.2) is 77.3 Å². The molecular weight excluding hydrogens is 394 g/mol. The van der Waals surface area contributed by atoms with E-state index < -0.39 is 0 Å². The fraction of sp³-hybridized carbons (Fsp3) is 0.125. The van der Waals surface area contributed by atoms with Gasteiger partial charge in [0, 0.05) is 11.3 Å². The number of anilines is 1. The van der Waals surface area contributed by atoms with Gasteiger partial charge >= 0.3 is 0 Å². The van der Waals surface area contributed by atoms with Crippen molar-refractivity contribution in [1.82, 2.24) is 10.1 Å². The predicted octanol–water partition coefficient (Wildman–Crippen LogP) is 4.74. The first-order valence-electron chi connectivity index (χ1n) is 9.69. The molecule has 4 aromatic rings. The number of rotatable bonds is 7. The van der Waals surface area contributed by atoms with Gasteiger partial charge in [-0.15, -0.1) is 0 Å². The van der Waals surface area contributed by atoms with Crippen molar-refractivity contribution in [3.05, 3.63) is 78.4 Å². The number of carbonyl (C=O) groups is 1. The summed E-state index contributed by atoms with van der Waals surface area (Å²) in [7, 11) is 1.61. The Balaban J connectivity index is 1.46. The van der Waals surface area contributed by atoms with E-state index >= 15 is 0 Å². The third kappa shape index (κ3) is 4.90. The average Bonchev–Trinajstić information content (AvgIpc) is 3.30. The van der Waals surface area contributed by atoms with Crippen molar-refractivity contribution in [1.29, 1.82) is 0 Å². The monoisotopic (exact) mass is 415 g/mol. The first kappa shape index (κ1) is 20.2. The molecule has 0 aliphatic carbocycles. The predicted molar refractivity (Wildman–Crippen MR) is 117 cm³/mol. The first-order chi connectivity index (χ1) is 15.1. The topological polar surface area (TPSA) is 86.5 Å². The van der Waals surface area contributed by atoms with Gasteiger partial charge in [0.15, 0.2) is 6.61 Å². The van der Waals surface area contributed by atoms with Crippen LogP contribution in [0.3, 0.4) is 0 Å². The second kappa shape index (κ2) is 9.13. The molecule has 1 amide bonds. The molecular formula is C24H21N3O4. The molecule has 0 spiro atoms. The van der Waals surface area contributed by atoms with Crippen molar-refractivity contribution in [2.45, 2.75) is 6.92 Å². The zero-order chi connectivity index (χ0) is 21.6. The Hall–Kier alpha value is -4.13. The van der Waals surface area contributed by atoms with Crippen LogP contribution in [0.2, 0.25) is 0 Å². The van der Waals surface area contributed by atoms with Crippen molar-refractivity contribution >= 4 is 11.6 Å². The zero-order valence-electron chi connectivity index (χ0n) is 17.2. The summed E-state index contributed by atoms with van der Waals surface area (Å²) < 4.78 is 16.3. The quantitative estimate of drug-likeness (QED) is 0.469. The van der Waals surface area contributed by atoms with E-state index in [2.05, 4.69) is 15.5 Å². The van der Waals surface area contributed by atoms with Gasteiger partial charge in [0.1, 0.15) is 11.5 Å². The van der Waals surface area contributed by atoms with Crippen LogP contribution in [0.1, 0.15) is 5.56 Å². The molecule has 0 unspecified atom stereocenters. The van der Waals surface area contributed by atoms with Gasteiger partial charge in [-0.3, -0.25) is 4.79 Å². The van der Waals surface area contributed by atoms with E-state index in [4.69, 9.17) is 14.0 Å². The summed E-state index contributed by atoms with van der Waals surface area (Å²) in [4.78, 5) is 16.7. The number of para-hydroxylation sites is 1. The summed E-state index contributed by atoms with van der Waals surface area (Å²) in [5.74, 6) is 1.73. The molecule has 3 aromatic carbocycles. The molecule has 1 aromatic heterocycles. The van der Waals surface area contributed by atoms with E-state index in [0.717, 1.165) is 22.6 Å². The number of amides is 1. The van der Waals surface area contributed by atoms with Crippen LogP contribution in [0.4, 0.5) is 5.69 Å². The van der Waals surface area contributed by atoms with Crippen LogP contribution in [0.25, 0.3) is 22.8 Å². The number of nitrogens with zero attached hydrogens (tertiary/aromatic N) is 2. The lowest BCUT2D eigenvalue weighted by molar-refractivity contribution is -0.118. The number of benzene rings is 3. The molecule has 0 aliphatic rings. The molecule has 0 atom stereocenters. The second-order valence-electron chi connectivity index (χ2n) is 6.85. The average molecular weight is 415 g/mol. The molecule has 156 valence electrons. The number of nitrogens with one attached hydrogen (secondary N) is 1. The number of aromatic nitrogens is 2. The number of hydrogen-bond acceptors (Lipinski definition) is 6. The van der Waals surface area contributed by atoms with Crippen LogP contribution in [0.5, 0.6) is 11.5 Å². The van der Waals surface area contributed by atoms with Gasteiger partial charge in [-0.2, -0.15) is 4.98 Å².